The molecule has 0 saturated carbocycles. The summed E-state index contributed by atoms with van der Waals surface area (Å²) in [5.74, 6) is -0.00510. The number of thioether (sulfide) groups is 1. The lowest BCUT2D eigenvalue weighted by atomic mass is 10.2. The minimum atomic E-state index is -0.343. The SMILES string of the molecule is Nc1cnc2ccc(/C=C3/SC(Nc4c(Cl)cccc4Cl)=NC3=O)cc2n1. The van der Waals surface area contributed by atoms with E-state index in [-0.39, 0.29) is 5.91 Å². The molecule has 3 N–H and O–H groups in total. The zero-order chi connectivity index (χ0) is 19.0. The number of nitrogens with two attached hydrogens (primary N) is 1. The van der Waals surface area contributed by atoms with Gasteiger partial charge in [-0.05, 0) is 47.7 Å². The fourth-order valence-corrected chi connectivity index (χ4v) is 3.78. The fraction of sp³-hybridized carbons (Fsp3) is 0. The first-order valence-electron chi connectivity index (χ1n) is 7.75. The van der Waals surface area contributed by atoms with Crippen LogP contribution in [0.3, 0.4) is 0 Å². The number of carbonyl (C=O) groups is 1. The molecule has 2 heterocycles. The van der Waals surface area contributed by atoms with E-state index in [0.29, 0.717) is 37.1 Å². The third-order valence-corrected chi connectivity index (χ3v) is 5.23. The van der Waals surface area contributed by atoms with E-state index in [2.05, 4.69) is 20.3 Å². The molecular weight excluding hydrogens is 405 g/mol. The quantitative estimate of drug-likeness (QED) is 0.593. The number of anilines is 2. The van der Waals surface area contributed by atoms with E-state index < -0.39 is 0 Å². The summed E-state index contributed by atoms with van der Waals surface area (Å²) in [6.07, 6.45) is 3.24. The summed E-state index contributed by atoms with van der Waals surface area (Å²) in [6.45, 7) is 0. The van der Waals surface area contributed by atoms with Crippen molar-refractivity contribution < 1.29 is 4.79 Å². The third-order valence-electron chi connectivity index (χ3n) is 3.70. The van der Waals surface area contributed by atoms with E-state index in [1.807, 2.05) is 18.2 Å². The van der Waals surface area contributed by atoms with E-state index in [9.17, 15) is 4.79 Å². The van der Waals surface area contributed by atoms with Crippen LogP contribution in [0.15, 0.2) is 52.5 Å². The van der Waals surface area contributed by atoms with E-state index in [0.717, 1.165) is 11.1 Å². The molecule has 1 amide bonds. The minimum Gasteiger partial charge on any atom is -0.382 e. The molecule has 6 nitrogen and oxygen atoms in total. The molecule has 4 rings (SSSR count). The van der Waals surface area contributed by atoms with Crippen LogP contribution in [0.25, 0.3) is 17.1 Å². The molecule has 0 aliphatic carbocycles. The third kappa shape index (κ3) is 3.75. The maximum atomic E-state index is 12.2. The number of nitrogen functional groups attached to an aromatic ring is 1. The minimum absolute atomic E-state index is 0.338. The van der Waals surface area contributed by atoms with Gasteiger partial charge in [0.2, 0.25) is 0 Å². The Bertz CT molecular complexity index is 1130. The number of amides is 1. The number of fused-ring (bicyclic) bond motifs is 1. The molecular formula is C18H11Cl2N5OS. The van der Waals surface area contributed by atoms with Crippen LogP contribution in [0.4, 0.5) is 11.5 Å². The zero-order valence-corrected chi connectivity index (χ0v) is 15.9. The van der Waals surface area contributed by atoms with Gasteiger partial charge in [-0.3, -0.25) is 9.78 Å². The lowest BCUT2D eigenvalue weighted by Gasteiger charge is -2.08. The molecule has 1 aliphatic heterocycles. The summed E-state index contributed by atoms with van der Waals surface area (Å²) in [5, 5.41) is 4.31. The molecule has 2 aromatic carbocycles. The molecule has 0 saturated heterocycles. The number of rotatable bonds is 2. The number of amidine groups is 1. The molecule has 9 heteroatoms. The van der Waals surface area contributed by atoms with Gasteiger partial charge in [0.1, 0.15) is 5.82 Å². The number of benzene rings is 2. The van der Waals surface area contributed by atoms with Crippen LogP contribution in [-0.4, -0.2) is 21.0 Å². The van der Waals surface area contributed by atoms with Crippen LogP contribution < -0.4 is 11.1 Å². The lowest BCUT2D eigenvalue weighted by Crippen LogP contribution is -2.05. The molecule has 134 valence electrons. The molecule has 0 bridgehead atoms. The largest absolute Gasteiger partial charge is 0.382 e. The molecule has 3 aromatic rings. The number of nitrogens with zero attached hydrogens (tertiary/aromatic N) is 3. The highest BCUT2D eigenvalue weighted by Crippen LogP contribution is 2.34. The van der Waals surface area contributed by atoms with Crippen LogP contribution in [0, 0.1) is 0 Å². The van der Waals surface area contributed by atoms with E-state index in [1.54, 1.807) is 24.3 Å². The van der Waals surface area contributed by atoms with Gasteiger partial charge in [0.25, 0.3) is 5.91 Å². The highest BCUT2D eigenvalue weighted by Gasteiger charge is 2.23. The Balaban J connectivity index is 1.59. The second-order valence-corrected chi connectivity index (χ2v) is 7.44. The first-order chi connectivity index (χ1) is 13.0. The first-order valence-corrected chi connectivity index (χ1v) is 9.33. The Hall–Kier alpha value is -2.61. The summed E-state index contributed by atoms with van der Waals surface area (Å²) >= 11 is 13.5. The van der Waals surface area contributed by atoms with Gasteiger partial charge in [-0.15, -0.1) is 0 Å². The Morgan fingerprint density at radius 1 is 1.11 bits per heavy atom. The fourth-order valence-electron chi connectivity index (χ4n) is 2.47. The Kier molecular flexibility index (Phi) is 4.73. The predicted molar refractivity (Wildman–Crippen MR) is 112 cm³/mol. The summed E-state index contributed by atoms with van der Waals surface area (Å²) in [7, 11) is 0. The normalized spacial score (nSPS) is 15.4. The lowest BCUT2D eigenvalue weighted by molar-refractivity contribution is -0.113. The number of halogens is 2. The number of aromatic nitrogens is 2. The van der Waals surface area contributed by atoms with Crippen molar-refractivity contribution in [3.8, 4) is 0 Å². The number of hydrogen-bond acceptors (Lipinski definition) is 6. The van der Waals surface area contributed by atoms with Crippen molar-refractivity contribution in [2.45, 2.75) is 0 Å². The first kappa shape index (κ1) is 17.8. The van der Waals surface area contributed by atoms with E-state index in [1.165, 1.54) is 18.0 Å². The van der Waals surface area contributed by atoms with Gasteiger partial charge in [0.15, 0.2) is 5.17 Å². The molecule has 0 unspecified atom stereocenters. The van der Waals surface area contributed by atoms with Crippen LogP contribution in [-0.2, 0) is 4.79 Å². The van der Waals surface area contributed by atoms with Crippen LogP contribution in [0.2, 0.25) is 10.0 Å². The van der Waals surface area contributed by atoms with Crippen LogP contribution in [0.1, 0.15) is 5.56 Å². The second-order valence-electron chi connectivity index (χ2n) is 5.60. The maximum Gasteiger partial charge on any atom is 0.286 e. The Labute approximate surface area is 168 Å². The summed E-state index contributed by atoms with van der Waals surface area (Å²) < 4.78 is 0. The number of nitrogens with one attached hydrogen (secondary N) is 1. The van der Waals surface area contributed by atoms with Gasteiger partial charge in [-0.25, -0.2) is 4.98 Å². The van der Waals surface area contributed by atoms with Crippen molar-refractivity contribution in [3.05, 3.63) is 63.1 Å². The average Bonchev–Trinajstić information content (AvgIpc) is 2.97. The molecule has 1 aromatic heterocycles. The van der Waals surface area contributed by atoms with Crippen molar-refractivity contribution in [3.63, 3.8) is 0 Å². The molecule has 1 aliphatic rings. The van der Waals surface area contributed by atoms with Crippen LogP contribution in [0.5, 0.6) is 0 Å². The monoisotopic (exact) mass is 415 g/mol. The van der Waals surface area contributed by atoms with E-state index >= 15 is 0 Å². The van der Waals surface area contributed by atoms with Crippen LogP contribution >= 0.6 is 35.0 Å². The topological polar surface area (TPSA) is 93.3 Å². The van der Waals surface area contributed by atoms with Crippen molar-refractivity contribution in [2.24, 2.45) is 4.99 Å². The Morgan fingerprint density at radius 3 is 2.67 bits per heavy atom. The van der Waals surface area contributed by atoms with Crippen molar-refractivity contribution in [2.75, 3.05) is 11.1 Å². The molecule has 0 fully saturated rings. The molecule has 0 radical (unpaired) electrons. The highest BCUT2D eigenvalue weighted by molar-refractivity contribution is 8.18. The summed E-state index contributed by atoms with van der Waals surface area (Å²) in [5.41, 5.74) is 8.37. The second kappa shape index (κ2) is 7.19. The molecule has 27 heavy (non-hydrogen) atoms. The van der Waals surface area contributed by atoms with Crippen molar-refractivity contribution in [1.82, 2.24) is 9.97 Å². The van der Waals surface area contributed by atoms with Gasteiger partial charge in [0.05, 0.1) is 37.9 Å². The molecule has 0 atom stereocenters. The number of carbonyl (C=O) groups excluding carboxylic acids is 1. The van der Waals surface area contributed by atoms with Gasteiger partial charge >= 0.3 is 0 Å². The van der Waals surface area contributed by atoms with Gasteiger partial charge in [-0.2, -0.15) is 4.99 Å². The van der Waals surface area contributed by atoms with Crippen molar-refractivity contribution >= 4 is 74.7 Å². The van der Waals surface area contributed by atoms with Gasteiger partial charge in [-0.1, -0.05) is 35.3 Å². The van der Waals surface area contributed by atoms with Gasteiger partial charge < -0.3 is 11.1 Å². The molecule has 0 spiro atoms. The van der Waals surface area contributed by atoms with Gasteiger partial charge in [0, 0.05) is 0 Å². The van der Waals surface area contributed by atoms with E-state index in [4.69, 9.17) is 28.9 Å². The Morgan fingerprint density at radius 2 is 1.89 bits per heavy atom. The predicted octanol–water partition coefficient (Wildman–Crippen LogP) is 4.60. The maximum absolute atomic E-state index is 12.2. The number of para-hydroxylation sites is 1. The number of hydrogen-bond donors (Lipinski definition) is 2. The van der Waals surface area contributed by atoms with Crippen molar-refractivity contribution in [1.29, 1.82) is 0 Å². The average molecular weight is 416 g/mol. The standard InChI is InChI=1S/C18H11Cl2N5OS/c19-10-2-1-3-11(20)16(10)24-18-25-17(26)14(27-18)7-9-4-5-12-13(6-9)23-15(21)8-22-12/h1-8H,(H2,21,23)(H,24,25,26)/b14-7+. The highest BCUT2D eigenvalue weighted by atomic mass is 35.5. The number of aliphatic imine (C=N–C) groups is 1. The summed E-state index contributed by atoms with van der Waals surface area (Å²) in [4.78, 5) is 25.2. The smallest absolute Gasteiger partial charge is 0.286 e. The zero-order valence-electron chi connectivity index (χ0n) is 13.6. The summed E-state index contributed by atoms with van der Waals surface area (Å²) in [6, 6.07) is 10.6.